The van der Waals surface area contributed by atoms with Crippen LogP contribution >= 0.6 is 0 Å². The van der Waals surface area contributed by atoms with Crippen molar-refractivity contribution < 1.29 is 9.13 Å². The van der Waals surface area contributed by atoms with Gasteiger partial charge in [0.15, 0.2) is 0 Å². The van der Waals surface area contributed by atoms with Crippen molar-refractivity contribution in [2.24, 2.45) is 0 Å². The van der Waals surface area contributed by atoms with Crippen molar-refractivity contribution in [1.82, 2.24) is 4.98 Å². The van der Waals surface area contributed by atoms with Gasteiger partial charge in [-0.15, -0.1) is 0 Å². The average molecular weight is 155 g/mol. The van der Waals surface area contributed by atoms with Crippen LogP contribution in [0.15, 0.2) is 24.4 Å². The third-order valence-electron chi connectivity index (χ3n) is 0.985. The van der Waals surface area contributed by atoms with Gasteiger partial charge in [0.05, 0.1) is 0 Å². The molecule has 60 valence electrons. The van der Waals surface area contributed by atoms with Crippen molar-refractivity contribution in [3.63, 3.8) is 0 Å². The Morgan fingerprint density at radius 3 is 2.64 bits per heavy atom. The first-order chi connectivity index (χ1) is 5.08. The molecule has 0 atom stereocenters. The Morgan fingerprint density at radius 2 is 2.18 bits per heavy atom. The molecule has 0 aliphatic carbocycles. The molecule has 3 heteroatoms. The van der Waals surface area contributed by atoms with E-state index in [4.69, 9.17) is 4.74 Å². The summed E-state index contributed by atoms with van der Waals surface area (Å²) in [4.78, 5) is 3.80. The zero-order valence-electron chi connectivity index (χ0n) is 6.54. The van der Waals surface area contributed by atoms with Gasteiger partial charge in [-0.1, -0.05) is 6.07 Å². The van der Waals surface area contributed by atoms with Crippen LogP contribution in [0.2, 0.25) is 0 Å². The predicted octanol–water partition coefficient (Wildman–Crippen LogP) is 2.17. The van der Waals surface area contributed by atoms with Crippen molar-refractivity contribution in [2.45, 2.75) is 19.7 Å². The summed E-state index contributed by atoms with van der Waals surface area (Å²) >= 11 is 0. The van der Waals surface area contributed by atoms with Gasteiger partial charge in [0.1, 0.15) is 0 Å². The Balaban J connectivity index is 2.66. The number of ether oxygens (including phenoxy) is 1. The summed E-state index contributed by atoms with van der Waals surface area (Å²) in [6, 6.07) is 5.10. The molecular formula is C8H10FNO. The summed E-state index contributed by atoms with van der Waals surface area (Å²) in [7, 11) is 0. The molecule has 0 N–H and O–H groups in total. The van der Waals surface area contributed by atoms with Gasteiger partial charge in [-0.25, -0.2) is 4.98 Å². The molecule has 1 heterocycles. The number of rotatable bonds is 2. The fraction of sp³-hybridized carbons (Fsp3) is 0.375. The Kier molecular flexibility index (Phi) is 2.08. The number of alkyl halides is 1. The second-order valence-electron chi connectivity index (χ2n) is 2.63. The summed E-state index contributed by atoms with van der Waals surface area (Å²) in [5.74, 6) is -1.35. The van der Waals surface area contributed by atoms with E-state index in [0.29, 0.717) is 5.88 Å². The topological polar surface area (TPSA) is 22.1 Å². The molecule has 1 aromatic heterocycles. The van der Waals surface area contributed by atoms with Crippen LogP contribution < -0.4 is 4.74 Å². The van der Waals surface area contributed by atoms with Gasteiger partial charge in [-0.05, 0) is 6.07 Å². The Labute approximate surface area is 65.0 Å². The van der Waals surface area contributed by atoms with Crippen molar-refractivity contribution in [2.75, 3.05) is 0 Å². The van der Waals surface area contributed by atoms with Crippen LogP contribution in [0.4, 0.5) is 4.39 Å². The summed E-state index contributed by atoms with van der Waals surface area (Å²) in [5, 5.41) is 0. The van der Waals surface area contributed by atoms with E-state index >= 15 is 0 Å². The molecule has 0 radical (unpaired) electrons. The van der Waals surface area contributed by atoms with Gasteiger partial charge in [0.2, 0.25) is 11.7 Å². The molecule has 11 heavy (non-hydrogen) atoms. The molecule has 0 aliphatic rings. The maximum absolute atomic E-state index is 12.8. The first-order valence-electron chi connectivity index (χ1n) is 3.37. The highest BCUT2D eigenvalue weighted by atomic mass is 19.2. The lowest BCUT2D eigenvalue weighted by atomic mass is 10.4. The molecule has 2 nitrogen and oxygen atoms in total. The predicted molar refractivity (Wildman–Crippen MR) is 40.1 cm³/mol. The van der Waals surface area contributed by atoms with Gasteiger partial charge >= 0.3 is 0 Å². The number of pyridine rings is 1. The van der Waals surface area contributed by atoms with Crippen molar-refractivity contribution >= 4 is 0 Å². The minimum atomic E-state index is -1.66. The molecule has 0 unspecified atom stereocenters. The second-order valence-corrected chi connectivity index (χ2v) is 2.63. The van der Waals surface area contributed by atoms with Crippen LogP contribution in [-0.2, 0) is 0 Å². The average Bonchev–Trinajstić information content (AvgIpc) is 1.85. The van der Waals surface area contributed by atoms with E-state index in [1.165, 1.54) is 13.8 Å². The van der Waals surface area contributed by atoms with Crippen molar-refractivity contribution in [3.8, 4) is 5.88 Å². The van der Waals surface area contributed by atoms with Gasteiger partial charge in [0, 0.05) is 26.1 Å². The summed E-state index contributed by atoms with van der Waals surface area (Å²) in [6.45, 7) is 2.67. The summed E-state index contributed by atoms with van der Waals surface area (Å²) in [5.41, 5.74) is 0. The number of aromatic nitrogens is 1. The molecule has 1 aromatic rings. The van der Waals surface area contributed by atoms with Crippen LogP contribution in [0, 0.1) is 0 Å². The minimum Gasteiger partial charge on any atom is -0.441 e. The second kappa shape index (κ2) is 2.86. The molecule has 0 spiro atoms. The lowest BCUT2D eigenvalue weighted by molar-refractivity contribution is -0.0293. The van der Waals surface area contributed by atoms with Crippen LogP contribution in [0.1, 0.15) is 13.8 Å². The van der Waals surface area contributed by atoms with Gasteiger partial charge in [-0.3, -0.25) is 0 Å². The third kappa shape index (κ3) is 2.98. The number of hydrogen-bond acceptors (Lipinski definition) is 2. The van der Waals surface area contributed by atoms with E-state index in [0.717, 1.165) is 0 Å². The van der Waals surface area contributed by atoms with E-state index in [1.807, 2.05) is 0 Å². The first kappa shape index (κ1) is 7.98. The number of hydrogen-bond donors (Lipinski definition) is 0. The maximum atomic E-state index is 12.8. The van der Waals surface area contributed by atoms with Crippen molar-refractivity contribution in [3.05, 3.63) is 24.4 Å². The van der Waals surface area contributed by atoms with Gasteiger partial charge in [-0.2, -0.15) is 4.39 Å². The molecule has 0 aromatic carbocycles. The lowest BCUT2D eigenvalue weighted by Crippen LogP contribution is -2.21. The third-order valence-corrected chi connectivity index (χ3v) is 0.985. The van der Waals surface area contributed by atoms with Crippen LogP contribution in [0.5, 0.6) is 5.88 Å². The van der Waals surface area contributed by atoms with Crippen LogP contribution in [0.25, 0.3) is 0 Å². The van der Waals surface area contributed by atoms with Crippen molar-refractivity contribution in [1.29, 1.82) is 0 Å². The summed E-state index contributed by atoms with van der Waals surface area (Å²) in [6.07, 6.45) is 1.56. The van der Waals surface area contributed by atoms with Gasteiger partial charge in [0.25, 0.3) is 0 Å². The monoisotopic (exact) mass is 155 g/mol. The first-order valence-corrected chi connectivity index (χ1v) is 3.37. The van der Waals surface area contributed by atoms with E-state index < -0.39 is 5.85 Å². The van der Waals surface area contributed by atoms with Crippen LogP contribution in [-0.4, -0.2) is 10.8 Å². The molecule has 0 amide bonds. The zero-order valence-corrected chi connectivity index (χ0v) is 6.54. The minimum absolute atomic E-state index is 0.306. The number of halogens is 1. The maximum Gasteiger partial charge on any atom is 0.244 e. The normalized spacial score (nSPS) is 11.2. The molecule has 0 fully saturated rings. The molecular weight excluding hydrogens is 145 g/mol. The highest BCUT2D eigenvalue weighted by molar-refractivity contribution is 5.09. The van der Waals surface area contributed by atoms with E-state index in [-0.39, 0.29) is 0 Å². The lowest BCUT2D eigenvalue weighted by Gasteiger charge is -2.15. The summed E-state index contributed by atoms with van der Waals surface area (Å²) < 4.78 is 17.6. The molecule has 0 saturated heterocycles. The van der Waals surface area contributed by atoms with E-state index in [9.17, 15) is 4.39 Å². The molecule has 0 bridgehead atoms. The van der Waals surface area contributed by atoms with E-state index in [1.54, 1.807) is 24.4 Å². The largest absolute Gasteiger partial charge is 0.441 e. The Bertz CT molecular complexity index is 217. The Hall–Kier alpha value is -1.12. The quantitative estimate of drug-likeness (QED) is 0.653. The standard InChI is InChI=1S/C8H10FNO/c1-8(2,9)11-7-5-3-4-6-10-7/h3-6H,1-2H3. The SMILES string of the molecule is CC(C)(F)Oc1ccccn1. The highest BCUT2D eigenvalue weighted by Gasteiger charge is 2.16. The van der Waals surface area contributed by atoms with E-state index in [2.05, 4.69) is 4.98 Å². The smallest absolute Gasteiger partial charge is 0.244 e. The van der Waals surface area contributed by atoms with Gasteiger partial charge < -0.3 is 4.74 Å². The Morgan fingerprint density at radius 1 is 1.45 bits per heavy atom. The molecule has 1 rings (SSSR count). The molecule has 0 aliphatic heterocycles. The van der Waals surface area contributed by atoms with Crippen LogP contribution in [0.3, 0.4) is 0 Å². The fourth-order valence-electron chi connectivity index (χ4n) is 0.656. The molecule has 0 saturated carbocycles. The number of nitrogens with zero attached hydrogens (tertiary/aromatic N) is 1. The zero-order chi connectivity index (χ0) is 8.32. The fourth-order valence-corrected chi connectivity index (χ4v) is 0.656. The highest BCUT2D eigenvalue weighted by Crippen LogP contribution is 2.15.